The fourth-order valence-electron chi connectivity index (χ4n) is 3.72. The number of furan rings is 1. The Morgan fingerprint density at radius 2 is 1.76 bits per heavy atom. The third-order valence-electron chi connectivity index (χ3n) is 5.19. The van der Waals surface area contributed by atoms with Crippen LogP contribution in [0.3, 0.4) is 0 Å². The van der Waals surface area contributed by atoms with Gasteiger partial charge in [-0.2, -0.15) is 0 Å². The number of rotatable bonds is 3. The van der Waals surface area contributed by atoms with Crippen LogP contribution < -0.4 is 5.32 Å². The van der Waals surface area contributed by atoms with E-state index in [-0.39, 0.29) is 11.6 Å². The van der Waals surface area contributed by atoms with Crippen molar-refractivity contribution in [1.82, 2.24) is 10.2 Å². The van der Waals surface area contributed by atoms with Crippen LogP contribution in [-0.2, 0) is 9.59 Å². The van der Waals surface area contributed by atoms with Crippen LogP contribution in [0.25, 0.3) is 17.4 Å². The molecule has 0 bridgehead atoms. The predicted molar refractivity (Wildman–Crippen MR) is 109 cm³/mol. The molecule has 2 aromatic rings. The molecule has 4 amide bonds. The quantitative estimate of drug-likeness (QED) is 0.543. The van der Waals surface area contributed by atoms with Crippen molar-refractivity contribution in [2.24, 2.45) is 0 Å². The number of nitrogens with zero attached hydrogens (tertiary/aromatic N) is 1. The minimum Gasteiger partial charge on any atom is -0.457 e. The van der Waals surface area contributed by atoms with Gasteiger partial charge in [0.15, 0.2) is 0 Å². The van der Waals surface area contributed by atoms with E-state index >= 15 is 0 Å². The number of carbonyl (C=O) groups is 3. The summed E-state index contributed by atoms with van der Waals surface area (Å²) in [7, 11) is 0. The molecule has 0 radical (unpaired) electrons. The first-order chi connectivity index (χ1) is 13.9. The minimum atomic E-state index is -0.723. The molecule has 6 nitrogen and oxygen atoms in total. The van der Waals surface area contributed by atoms with E-state index in [2.05, 4.69) is 5.32 Å². The van der Waals surface area contributed by atoms with Crippen LogP contribution in [0.2, 0.25) is 10.0 Å². The molecule has 1 saturated heterocycles. The number of urea groups is 1. The molecule has 1 saturated carbocycles. The molecule has 150 valence electrons. The number of hydrogen-bond acceptors (Lipinski definition) is 4. The molecular weight excluding hydrogens is 415 g/mol. The second kappa shape index (κ2) is 8.05. The summed E-state index contributed by atoms with van der Waals surface area (Å²) in [5.41, 5.74) is 0.590. The average Bonchev–Trinajstić information content (AvgIpc) is 3.17. The van der Waals surface area contributed by atoms with Crippen molar-refractivity contribution < 1.29 is 18.8 Å². The Labute approximate surface area is 177 Å². The van der Waals surface area contributed by atoms with Gasteiger partial charge in [-0.25, -0.2) is 4.79 Å². The second-order valence-electron chi connectivity index (χ2n) is 7.12. The van der Waals surface area contributed by atoms with E-state index in [4.69, 9.17) is 27.6 Å². The second-order valence-corrected chi connectivity index (χ2v) is 7.93. The van der Waals surface area contributed by atoms with Crippen molar-refractivity contribution >= 4 is 47.1 Å². The zero-order chi connectivity index (χ0) is 20.5. The molecule has 1 aliphatic carbocycles. The number of hydrogen-bond donors (Lipinski definition) is 1. The fourth-order valence-corrected chi connectivity index (χ4v) is 4.02. The predicted octanol–water partition coefficient (Wildman–Crippen LogP) is 5.05. The van der Waals surface area contributed by atoms with Gasteiger partial charge in [-0.3, -0.25) is 19.8 Å². The van der Waals surface area contributed by atoms with E-state index in [1.54, 1.807) is 30.3 Å². The lowest BCUT2D eigenvalue weighted by atomic mass is 9.93. The van der Waals surface area contributed by atoms with Crippen molar-refractivity contribution in [2.75, 3.05) is 0 Å². The first-order valence-electron chi connectivity index (χ1n) is 9.40. The maximum Gasteiger partial charge on any atom is 0.331 e. The van der Waals surface area contributed by atoms with Gasteiger partial charge in [0.25, 0.3) is 11.8 Å². The third-order valence-corrected chi connectivity index (χ3v) is 5.93. The van der Waals surface area contributed by atoms with Gasteiger partial charge in [0.2, 0.25) is 0 Å². The molecule has 29 heavy (non-hydrogen) atoms. The Hall–Kier alpha value is -2.57. The van der Waals surface area contributed by atoms with Gasteiger partial charge < -0.3 is 4.42 Å². The molecule has 4 rings (SSSR count). The highest BCUT2D eigenvalue weighted by Crippen LogP contribution is 2.31. The summed E-state index contributed by atoms with van der Waals surface area (Å²) in [5.74, 6) is -0.473. The summed E-state index contributed by atoms with van der Waals surface area (Å²) in [4.78, 5) is 38.6. The molecular formula is C21H18Cl2N2O4. The molecule has 1 aromatic carbocycles. The smallest absolute Gasteiger partial charge is 0.331 e. The van der Waals surface area contributed by atoms with E-state index < -0.39 is 17.8 Å². The normalized spacial score (nSPS) is 19.7. The first-order valence-corrected chi connectivity index (χ1v) is 10.2. The van der Waals surface area contributed by atoms with E-state index in [1.165, 1.54) is 11.0 Å². The Morgan fingerprint density at radius 1 is 1.00 bits per heavy atom. The van der Waals surface area contributed by atoms with Crippen LogP contribution in [0.5, 0.6) is 0 Å². The molecule has 1 aromatic heterocycles. The van der Waals surface area contributed by atoms with Gasteiger partial charge >= 0.3 is 6.03 Å². The highest BCUT2D eigenvalue weighted by atomic mass is 35.5. The Balaban J connectivity index is 1.61. The highest BCUT2D eigenvalue weighted by molar-refractivity contribution is 6.42. The molecule has 1 N–H and O–H groups in total. The third kappa shape index (κ3) is 3.95. The topological polar surface area (TPSA) is 79.6 Å². The van der Waals surface area contributed by atoms with Crippen LogP contribution in [0.4, 0.5) is 4.79 Å². The summed E-state index contributed by atoms with van der Waals surface area (Å²) in [6.45, 7) is 0. The monoisotopic (exact) mass is 432 g/mol. The van der Waals surface area contributed by atoms with Gasteiger partial charge in [-0.05, 0) is 49.2 Å². The van der Waals surface area contributed by atoms with Gasteiger partial charge in [-0.1, -0.05) is 42.5 Å². The Kier molecular flexibility index (Phi) is 5.48. The molecule has 2 heterocycles. The van der Waals surface area contributed by atoms with E-state index in [0.717, 1.165) is 32.1 Å². The molecule has 0 atom stereocenters. The Morgan fingerprint density at radius 3 is 2.48 bits per heavy atom. The lowest BCUT2D eigenvalue weighted by molar-refractivity contribution is -0.132. The van der Waals surface area contributed by atoms with Crippen molar-refractivity contribution in [2.45, 2.75) is 38.1 Å². The summed E-state index contributed by atoms with van der Waals surface area (Å²) in [6.07, 6.45) is 5.87. The number of halogens is 2. The number of barbiturate groups is 1. The van der Waals surface area contributed by atoms with Gasteiger partial charge in [-0.15, -0.1) is 0 Å². The van der Waals surface area contributed by atoms with E-state index in [9.17, 15) is 14.4 Å². The molecule has 1 aliphatic heterocycles. The molecule has 0 unspecified atom stereocenters. The van der Waals surface area contributed by atoms with Crippen molar-refractivity contribution in [3.8, 4) is 11.3 Å². The van der Waals surface area contributed by atoms with Gasteiger partial charge in [0.1, 0.15) is 17.1 Å². The van der Waals surface area contributed by atoms with Crippen LogP contribution in [0.15, 0.2) is 40.3 Å². The lowest BCUT2D eigenvalue weighted by Gasteiger charge is -2.35. The standard InChI is InChI=1S/C21H18Cl2N2O4/c22-16-8-6-12(10-17(16)23)18-9-7-14(29-18)11-15-19(26)24-21(28)25(20(15)27)13-4-2-1-3-5-13/h6-11,13H,1-5H2,(H,24,26,28)/b15-11+. The maximum atomic E-state index is 12.9. The highest BCUT2D eigenvalue weighted by Gasteiger charge is 2.40. The fraction of sp³-hybridized carbons (Fsp3) is 0.286. The van der Waals surface area contributed by atoms with Crippen LogP contribution in [0, 0.1) is 0 Å². The Bertz CT molecular complexity index is 1020. The zero-order valence-corrected chi connectivity index (χ0v) is 16.9. The number of nitrogens with one attached hydrogen (secondary N) is 1. The molecule has 2 fully saturated rings. The largest absolute Gasteiger partial charge is 0.457 e. The molecule has 8 heteroatoms. The summed E-state index contributed by atoms with van der Waals surface area (Å²) in [5, 5.41) is 3.09. The van der Waals surface area contributed by atoms with Gasteiger partial charge in [0, 0.05) is 11.6 Å². The zero-order valence-electron chi connectivity index (χ0n) is 15.4. The van der Waals surface area contributed by atoms with Crippen molar-refractivity contribution in [3.05, 3.63) is 51.7 Å². The SMILES string of the molecule is O=C1NC(=O)N(C2CCCCC2)C(=O)/C1=C/c1ccc(-c2ccc(Cl)c(Cl)c2)o1. The number of carbonyl (C=O) groups excluding carboxylic acids is 3. The minimum absolute atomic E-state index is 0.120. The van der Waals surface area contributed by atoms with Crippen LogP contribution in [-0.4, -0.2) is 28.8 Å². The van der Waals surface area contributed by atoms with Crippen LogP contribution >= 0.6 is 23.2 Å². The lowest BCUT2D eigenvalue weighted by Crippen LogP contribution is -2.58. The number of benzene rings is 1. The maximum absolute atomic E-state index is 12.9. The summed E-state index contributed by atoms with van der Waals surface area (Å²) in [6, 6.07) is 7.60. The molecule has 0 spiro atoms. The van der Waals surface area contributed by atoms with E-state index in [1.807, 2.05) is 0 Å². The van der Waals surface area contributed by atoms with Crippen molar-refractivity contribution in [3.63, 3.8) is 0 Å². The van der Waals surface area contributed by atoms with Gasteiger partial charge in [0.05, 0.1) is 10.0 Å². The average molecular weight is 433 g/mol. The first kappa shape index (κ1) is 19.7. The van der Waals surface area contributed by atoms with Crippen molar-refractivity contribution in [1.29, 1.82) is 0 Å². The number of amides is 4. The molecule has 2 aliphatic rings. The van der Waals surface area contributed by atoms with E-state index in [0.29, 0.717) is 27.1 Å². The summed E-state index contributed by atoms with van der Waals surface area (Å²) >= 11 is 12.0. The number of imide groups is 2. The summed E-state index contributed by atoms with van der Waals surface area (Å²) < 4.78 is 5.76. The van der Waals surface area contributed by atoms with Crippen LogP contribution in [0.1, 0.15) is 37.9 Å².